The Balaban J connectivity index is 2.49. The fourth-order valence-corrected chi connectivity index (χ4v) is 1.64. The molecule has 1 rings (SSSR count). The third kappa shape index (κ3) is 5.37. The van der Waals surface area contributed by atoms with Crippen LogP contribution in [-0.2, 0) is 0 Å². The highest BCUT2D eigenvalue weighted by atomic mass is 16.5. The maximum atomic E-state index is 5.64. The Morgan fingerprint density at radius 3 is 2.50 bits per heavy atom. The van der Waals surface area contributed by atoms with Crippen LogP contribution < -0.4 is 10.1 Å². The van der Waals surface area contributed by atoms with Gasteiger partial charge in [-0.05, 0) is 57.5 Å². The number of ether oxygens (including phenoxy) is 1. The quantitative estimate of drug-likeness (QED) is 0.733. The summed E-state index contributed by atoms with van der Waals surface area (Å²) in [6, 6.07) is 8.74. The first-order valence-electron chi connectivity index (χ1n) is 6.73. The lowest BCUT2D eigenvalue weighted by Crippen LogP contribution is -2.19. The van der Waals surface area contributed by atoms with Crippen molar-refractivity contribution in [1.82, 2.24) is 5.32 Å². The molecule has 0 aliphatic rings. The largest absolute Gasteiger partial charge is 0.490 e. The Hall–Kier alpha value is -1.28. The fourth-order valence-electron chi connectivity index (χ4n) is 1.64. The minimum Gasteiger partial charge on any atom is -0.490 e. The molecule has 1 aromatic carbocycles. The van der Waals surface area contributed by atoms with E-state index in [0.717, 1.165) is 18.7 Å². The van der Waals surface area contributed by atoms with Gasteiger partial charge in [0.15, 0.2) is 0 Å². The number of allylic oxidation sites excluding steroid dienone is 1. The van der Waals surface area contributed by atoms with Crippen LogP contribution in [0.5, 0.6) is 5.75 Å². The van der Waals surface area contributed by atoms with Crippen molar-refractivity contribution in [3.8, 4) is 5.75 Å². The van der Waals surface area contributed by atoms with Crippen molar-refractivity contribution in [3.63, 3.8) is 0 Å². The molecule has 0 heterocycles. The van der Waals surface area contributed by atoms with Gasteiger partial charge in [0, 0.05) is 6.04 Å². The molecule has 0 bridgehead atoms. The van der Waals surface area contributed by atoms with Gasteiger partial charge in [0.05, 0.1) is 0 Å². The third-order valence-corrected chi connectivity index (χ3v) is 2.82. The highest BCUT2D eigenvalue weighted by Crippen LogP contribution is 2.17. The van der Waals surface area contributed by atoms with Crippen LogP contribution in [0.1, 0.15) is 45.7 Å². The molecule has 0 radical (unpaired) electrons. The van der Waals surface area contributed by atoms with Gasteiger partial charge in [-0.2, -0.15) is 0 Å². The van der Waals surface area contributed by atoms with E-state index in [1.54, 1.807) is 0 Å². The van der Waals surface area contributed by atoms with Crippen LogP contribution in [-0.4, -0.2) is 13.2 Å². The molecular formula is C16H25NO. The minimum absolute atomic E-state index is 0.400. The molecule has 1 aromatic rings. The van der Waals surface area contributed by atoms with Crippen molar-refractivity contribution < 1.29 is 4.74 Å². The average molecular weight is 247 g/mol. The highest BCUT2D eigenvalue weighted by Gasteiger charge is 2.03. The van der Waals surface area contributed by atoms with Crippen LogP contribution in [0.15, 0.2) is 35.9 Å². The van der Waals surface area contributed by atoms with E-state index < -0.39 is 0 Å². The predicted octanol–water partition coefficient (Wildman–Crippen LogP) is 4.09. The zero-order valence-corrected chi connectivity index (χ0v) is 12.0. The Morgan fingerprint density at radius 2 is 1.94 bits per heavy atom. The summed E-state index contributed by atoms with van der Waals surface area (Å²) in [5.74, 6) is 0.930. The molecule has 0 saturated heterocycles. The maximum Gasteiger partial charge on any atom is 0.119 e. The molecule has 100 valence electrons. The van der Waals surface area contributed by atoms with Crippen molar-refractivity contribution in [2.24, 2.45) is 0 Å². The van der Waals surface area contributed by atoms with Crippen LogP contribution in [0.2, 0.25) is 0 Å². The molecule has 2 nitrogen and oxygen atoms in total. The van der Waals surface area contributed by atoms with Crippen molar-refractivity contribution in [2.45, 2.75) is 40.2 Å². The van der Waals surface area contributed by atoms with Gasteiger partial charge in [-0.25, -0.2) is 0 Å². The van der Waals surface area contributed by atoms with Crippen LogP contribution in [0.25, 0.3) is 0 Å². The fraction of sp³-hybridized carbons (Fsp3) is 0.500. The van der Waals surface area contributed by atoms with Crippen LogP contribution in [0.4, 0.5) is 0 Å². The third-order valence-electron chi connectivity index (χ3n) is 2.82. The number of hydrogen-bond donors (Lipinski definition) is 1. The molecule has 0 aliphatic heterocycles. The first-order valence-corrected chi connectivity index (χ1v) is 6.73. The molecule has 1 N–H and O–H groups in total. The van der Waals surface area contributed by atoms with Gasteiger partial charge < -0.3 is 10.1 Å². The summed E-state index contributed by atoms with van der Waals surface area (Å²) in [6.07, 6.45) is 3.24. The normalized spacial score (nSPS) is 12.0. The minimum atomic E-state index is 0.400. The van der Waals surface area contributed by atoms with Crippen LogP contribution in [0, 0.1) is 0 Å². The van der Waals surface area contributed by atoms with Gasteiger partial charge in [0.25, 0.3) is 0 Å². The average Bonchev–Trinajstić information content (AvgIpc) is 2.36. The number of benzene rings is 1. The van der Waals surface area contributed by atoms with Gasteiger partial charge >= 0.3 is 0 Å². The highest BCUT2D eigenvalue weighted by molar-refractivity contribution is 5.29. The molecule has 0 aromatic heterocycles. The summed E-state index contributed by atoms with van der Waals surface area (Å²) in [5, 5.41) is 3.48. The Morgan fingerprint density at radius 1 is 1.28 bits per heavy atom. The van der Waals surface area contributed by atoms with E-state index in [0.29, 0.717) is 12.6 Å². The van der Waals surface area contributed by atoms with Crippen LogP contribution in [0.3, 0.4) is 0 Å². The van der Waals surface area contributed by atoms with E-state index >= 15 is 0 Å². The Bertz CT molecular complexity index is 363. The van der Waals surface area contributed by atoms with E-state index in [1.807, 2.05) is 12.1 Å². The molecule has 1 atom stereocenters. The van der Waals surface area contributed by atoms with Crippen LogP contribution >= 0.6 is 0 Å². The molecule has 1 unspecified atom stereocenters. The van der Waals surface area contributed by atoms with E-state index in [1.165, 1.54) is 11.1 Å². The second-order valence-electron chi connectivity index (χ2n) is 4.84. The zero-order valence-electron chi connectivity index (χ0n) is 12.0. The Kier molecular flexibility index (Phi) is 6.51. The lowest BCUT2D eigenvalue weighted by atomic mass is 10.1. The molecule has 0 aliphatic carbocycles. The number of hydrogen-bond acceptors (Lipinski definition) is 2. The lowest BCUT2D eigenvalue weighted by molar-refractivity contribution is 0.361. The summed E-state index contributed by atoms with van der Waals surface area (Å²) in [7, 11) is 0. The van der Waals surface area contributed by atoms with Crippen molar-refractivity contribution >= 4 is 0 Å². The van der Waals surface area contributed by atoms with Crippen molar-refractivity contribution in [2.75, 3.05) is 13.2 Å². The molecule has 2 heteroatoms. The summed E-state index contributed by atoms with van der Waals surface area (Å²) < 4.78 is 5.64. The molecular weight excluding hydrogens is 222 g/mol. The zero-order chi connectivity index (χ0) is 13.4. The van der Waals surface area contributed by atoms with E-state index in [2.05, 4.69) is 51.2 Å². The maximum absolute atomic E-state index is 5.64. The van der Waals surface area contributed by atoms with Gasteiger partial charge in [0.1, 0.15) is 12.4 Å². The monoisotopic (exact) mass is 247 g/mol. The molecule has 18 heavy (non-hydrogen) atoms. The first-order chi connectivity index (χ1) is 8.63. The second kappa shape index (κ2) is 7.93. The predicted molar refractivity (Wildman–Crippen MR) is 78.1 cm³/mol. The lowest BCUT2D eigenvalue weighted by Gasteiger charge is -2.14. The van der Waals surface area contributed by atoms with Gasteiger partial charge in [-0.1, -0.05) is 24.6 Å². The summed E-state index contributed by atoms with van der Waals surface area (Å²) >= 11 is 0. The number of nitrogens with one attached hydrogen (secondary N) is 1. The van der Waals surface area contributed by atoms with Crippen molar-refractivity contribution in [3.05, 3.63) is 41.5 Å². The smallest absolute Gasteiger partial charge is 0.119 e. The summed E-state index contributed by atoms with van der Waals surface area (Å²) in [4.78, 5) is 0. The van der Waals surface area contributed by atoms with Gasteiger partial charge in [-0.15, -0.1) is 0 Å². The van der Waals surface area contributed by atoms with Gasteiger partial charge in [-0.3, -0.25) is 0 Å². The number of rotatable bonds is 7. The molecule has 0 spiro atoms. The summed E-state index contributed by atoms with van der Waals surface area (Å²) in [6.45, 7) is 10.2. The summed E-state index contributed by atoms with van der Waals surface area (Å²) in [5.41, 5.74) is 2.59. The Labute approximate surface area is 111 Å². The molecule has 0 fully saturated rings. The first kappa shape index (κ1) is 14.8. The second-order valence-corrected chi connectivity index (χ2v) is 4.84. The van der Waals surface area contributed by atoms with E-state index in [9.17, 15) is 0 Å². The standard InChI is InChI=1S/C16H25NO/c1-5-11-17-14(4)15-6-8-16(9-7-15)18-12-10-13(2)3/h6-10,14,17H,5,11-12H2,1-4H3. The topological polar surface area (TPSA) is 21.3 Å². The van der Waals surface area contributed by atoms with Crippen molar-refractivity contribution in [1.29, 1.82) is 0 Å². The molecule has 0 saturated carbocycles. The SMILES string of the molecule is CCCNC(C)c1ccc(OCC=C(C)C)cc1. The van der Waals surface area contributed by atoms with E-state index in [4.69, 9.17) is 4.74 Å². The molecule has 0 amide bonds. The van der Waals surface area contributed by atoms with Gasteiger partial charge in [0.2, 0.25) is 0 Å². The van der Waals surface area contributed by atoms with E-state index in [-0.39, 0.29) is 0 Å².